The second-order valence-corrected chi connectivity index (χ2v) is 8.64. The zero-order chi connectivity index (χ0) is 21.0. The van der Waals surface area contributed by atoms with Crippen molar-refractivity contribution in [3.8, 4) is 28.6 Å². The lowest BCUT2D eigenvalue weighted by molar-refractivity contribution is 0.174. The molecule has 0 atom stereocenters. The van der Waals surface area contributed by atoms with Gasteiger partial charge in [-0.05, 0) is 18.2 Å². The van der Waals surface area contributed by atoms with E-state index in [1.54, 1.807) is 13.4 Å². The predicted molar refractivity (Wildman–Crippen MR) is 109 cm³/mol. The summed E-state index contributed by atoms with van der Waals surface area (Å²) in [6.07, 6.45) is 1.76. The summed E-state index contributed by atoms with van der Waals surface area (Å²) in [7, 11) is 1.63. The van der Waals surface area contributed by atoms with Crippen LogP contribution in [0.3, 0.4) is 0 Å². The molecule has 0 amide bonds. The number of ether oxygens (including phenoxy) is 1. The minimum atomic E-state index is -0.252. The Labute approximate surface area is 177 Å². The molecule has 1 aliphatic rings. The maximum absolute atomic E-state index is 6.30. The smallest absolute Gasteiger partial charge is 0.232 e. The van der Waals surface area contributed by atoms with Gasteiger partial charge in [-0.25, -0.2) is 4.98 Å². The number of fused-ring (bicyclic) bond motifs is 5. The standard InChI is InChI=1S/C20H20ClN7O2/c1-20(2,3)19-23-17(26-30-19)16-14-8-27-15(9-29-4)24-25-18(27)12-7-11(21)5-6-13(12)28(14)10-22-16/h5-7,10H,8-9H2,1-4H3. The van der Waals surface area contributed by atoms with E-state index in [1.807, 2.05) is 48.1 Å². The van der Waals surface area contributed by atoms with E-state index in [0.717, 1.165) is 22.8 Å². The number of methoxy groups -OCH3 is 1. The third-order valence-corrected chi connectivity index (χ3v) is 5.25. The number of aromatic nitrogens is 7. The molecule has 0 radical (unpaired) electrons. The van der Waals surface area contributed by atoms with Crippen LogP contribution in [-0.4, -0.2) is 41.6 Å². The van der Waals surface area contributed by atoms with Crippen molar-refractivity contribution in [2.24, 2.45) is 0 Å². The van der Waals surface area contributed by atoms with Crippen molar-refractivity contribution < 1.29 is 9.26 Å². The fraction of sp³-hybridized carbons (Fsp3) is 0.350. The summed E-state index contributed by atoms with van der Waals surface area (Å²) in [6, 6.07) is 5.68. The SMILES string of the molecule is COCc1nnc2n1Cc1c(-c3noc(C(C)(C)C)n3)ncn1-c1ccc(Cl)cc1-2. The van der Waals surface area contributed by atoms with E-state index in [0.29, 0.717) is 41.4 Å². The molecule has 0 saturated carbocycles. The first-order valence-electron chi connectivity index (χ1n) is 9.49. The molecule has 1 aromatic carbocycles. The second-order valence-electron chi connectivity index (χ2n) is 8.20. The van der Waals surface area contributed by atoms with Crippen LogP contribution >= 0.6 is 11.6 Å². The van der Waals surface area contributed by atoms with Crippen LogP contribution in [0.2, 0.25) is 5.02 Å². The highest BCUT2D eigenvalue weighted by Crippen LogP contribution is 2.36. The zero-order valence-electron chi connectivity index (χ0n) is 17.0. The van der Waals surface area contributed by atoms with E-state index in [-0.39, 0.29) is 5.41 Å². The Morgan fingerprint density at radius 2 is 2.07 bits per heavy atom. The predicted octanol–water partition coefficient (Wildman–Crippen LogP) is 3.64. The molecule has 4 aromatic rings. The molecule has 10 heteroatoms. The van der Waals surface area contributed by atoms with Gasteiger partial charge in [-0.2, -0.15) is 4.98 Å². The van der Waals surface area contributed by atoms with E-state index in [4.69, 9.17) is 20.9 Å². The van der Waals surface area contributed by atoms with Crippen molar-refractivity contribution >= 4 is 11.6 Å². The monoisotopic (exact) mass is 425 g/mol. The van der Waals surface area contributed by atoms with Gasteiger partial charge in [0.25, 0.3) is 0 Å². The lowest BCUT2D eigenvalue weighted by Crippen LogP contribution is -2.11. The summed E-state index contributed by atoms with van der Waals surface area (Å²) in [5, 5.41) is 13.5. The number of rotatable bonds is 3. The molecule has 0 N–H and O–H groups in total. The number of hydrogen-bond acceptors (Lipinski definition) is 7. The molecule has 3 aromatic heterocycles. The Hall–Kier alpha value is -3.04. The molecule has 5 rings (SSSR count). The number of halogens is 1. The summed E-state index contributed by atoms with van der Waals surface area (Å²) in [5.41, 5.74) is 3.07. The lowest BCUT2D eigenvalue weighted by atomic mass is 9.97. The number of imidazole rings is 1. The quantitative estimate of drug-likeness (QED) is 0.435. The van der Waals surface area contributed by atoms with Gasteiger partial charge in [-0.15, -0.1) is 10.2 Å². The Bertz CT molecular complexity index is 1250. The maximum atomic E-state index is 6.30. The molecule has 1 aliphatic heterocycles. The van der Waals surface area contributed by atoms with Crippen LogP contribution in [0.5, 0.6) is 0 Å². The Morgan fingerprint density at radius 1 is 1.23 bits per heavy atom. The Balaban J connectivity index is 1.73. The second kappa shape index (κ2) is 6.75. The largest absolute Gasteiger partial charge is 0.377 e. The molecule has 0 aliphatic carbocycles. The van der Waals surface area contributed by atoms with Gasteiger partial charge in [-0.3, -0.25) is 4.57 Å². The lowest BCUT2D eigenvalue weighted by Gasteiger charge is -2.10. The first-order valence-corrected chi connectivity index (χ1v) is 9.86. The van der Waals surface area contributed by atoms with Gasteiger partial charge >= 0.3 is 0 Å². The third kappa shape index (κ3) is 2.93. The van der Waals surface area contributed by atoms with E-state index < -0.39 is 0 Å². The van der Waals surface area contributed by atoms with Crippen LogP contribution in [0.1, 0.15) is 38.2 Å². The molecule has 154 valence electrons. The fourth-order valence-electron chi connectivity index (χ4n) is 3.53. The number of hydrogen-bond donors (Lipinski definition) is 0. The zero-order valence-corrected chi connectivity index (χ0v) is 17.8. The van der Waals surface area contributed by atoms with Gasteiger partial charge < -0.3 is 13.8 Å². The molecule has 0 bridgehead atoms. The van der Waals surface area contributed by atoms with Gasteiger partial charge in [0.15, 0.2) is 11.6 Å². The summed E-state index contributed by atoms with van der Waals surface area (Å²) < 4.78 is 14.8. The van der Waals surface area contributed by atoms with Gasteiger partial charge in [0.05, 0.1) is 17.9 Å². The number of nitrogens with zero attached hydrogens (tertiary/aromatic N) is 7. The van der Waals surface area contributed by atoms with Gasteiger partial charge in [0.1, 0.15) is 18.6 Å². The van der Waals surface area contributed by atoms with Crippen LogP contribution in [0.15, 0.2) is 29.0 Å². The molecular weight excluding hydrogens is 406 g/mol. The maximum Gasteiger partial charge on any atom is 0.232 e. The molecule has 0 spiro atoms. The van der Waals surface area contributed by atoms with Crippen molar-refractivity contribution in [1.82, 2.24) is 34.5 Å². The summed E-state index contributed by atoms with van der Waals surface area (Å²) >= 11 is 6.30. The Kier molecular flexibility index (Phi) is 4.26. The summed E-state index contributed by atoms with van der Waals surface area (Å²) in [5.74, 6) is 2.44. The minimum absolute atomic E-state index is 0.252. The first-order chi connectivity index (χ1) is 14.4. The molecular formula is C20H20ClN7O2. The molecule has 4 heterocycles. The van der Waals surface area contributed by atoms with Crippen LogP contribution in [0, 0.1) is 0 Å². The van der Waals surface area contributed by atoms with Gasteiger partial charge in [-0.1, -0.05) is 37.5 Å². The van der Waals surface area contributed by atoms with Crippen molar-refractivity contribution in [3.05, 3.63) is 47.0 Å². The summed E-state index contributed by atoms with van der Waals surface area (Å²) in [4.78, 5) is 9.21. The normalized spacial score (nSPS) is 13.0. The van der Waals surface area contributed by atoms with E-state index in [2.05, 4.69) is 25.3 Å². The molecule has 0 saturated heterocycles. The Morgan fingerprint density at radius 3 is 2.80 bits per heavy atom. The average molecular weight is 426 g/mol. The van der Waals surface area contributed by atoms with Gasteiger partial charge in [0.2, 0.25) is 11.7 Å². The molecule has 9 nitrogen and oxygen atoms in total. The van der Waals surface area contributed by atoms with Crippen molar-refractivity contribution in [2.75, 3.05) is 7.11 Å². The van der Waals surface area contributed by atoms with E-state index in [9.17, 15) is 0 Å². The van der Waals surface area contributed by atoms with E-state index >= 15 is 0 Å². The van der Waals surface area contributed by atoms with Crippen molar-refractivity contribution in [1.29, 1.82) is 0 Å². The highest BCUT2D eigenvalue weighted by Gasteiger charge is 2.29. The highest BCUT2D eigenvalue weighted by atomic mass is 35.5. The van der Waals surface area contributed by atoms with Crippen LogP contribution in [0.25, 0.3) is 28.6 Å². The minimum Gasteiger partial charge on any atom is -0.377 e. The average Bonchev–Trinajstić information content (AvgIpc) is 3.40. The number of benzene rings is 1. The third-order valence-electron chi connectivity index (χ3n) is 5.01. The molecule has 0 fully saturated rings. The highest BCUT2D eigenvalue weighted by molar-refractivity contribution is 6.31. The van der Waals surface area contributed by atoms with E-state index in [1.165, 1.54) is 0 Å². The van der Waals surface area contributed by atoms with Gasteiger partial charge in [0, 0.05) is 23.1 Å². The first kappa shape index (κ1) is 19.0. The van der Waals surface area contributed by atoms with Crippen molar-refractivity contribution in [2.45, 2.75) is 39.3 Å². The molecule has 30 heavy (non-hydrogen) atoms. The summed E-state index contributed by atoms with van der Waals surface area (Å²) in [6.45, 7) is 6.89. The van der Waals surface area contributed by atoms with Crippen molar-refractivity contribution in [3.63, 3.8) is 0 Å². The topological polar surface area (TPSA) is 96.7 Å². The van der Waals surface area contributed by atoms with Crippen LogP contribution < -0.4 is 0 Å². The fourth-order valence-corrected chi connectivity index (χ4v) is 3.70. The molecule has 0 unspecified atom stereocenters. The van der Waals surface area contributed by atoms with Crippen LogP contribution in [0.4, 0.5) is 0 Å². The van der Waals surface area contributed by atoms with Crippen LogP contribution in [-0.2, 0) is 23.3 Å².